The number of nitrogens with zero attached hydrogens (tertiary/aromatic N) is 2. The van der Waals surface area contributed by atoms with Gasteiger partial charge in [0.25, 0.3) is 0 Å². The quantitative estimate of drug-likeness (QED) is 0.319. The van der Waals surface area contributed by atoms with Gasteiger partial charge in [0.05, 0.1) is 0 Å². The maximum Gasteiger partial charge on any atom is 0.0401 e. The van der Waals surface area contributed by atoms with Gasteiger partial charge in [-0.15, -0.1) is 0 Å². The molecule has 5 heteroatoms. The molecule has 0 saturated heterocycles. The van der Waals surface area contributed by atoms with E-state index < -0.39 is 0 Å². The third-order valence-corrected chi connectivity index (χ3v) is 3.16. The average molecular weight is 275 g/mol. The molecule has 0 aromatic rings. The van der Waals surface area contributed by atoms with Crippen molar-refractivity contribution < 1.29 is 0 Å². The van der Waals surface area contributed by atoms with Crippen molar-refractivity contribution in [1.82, 2.24) is 5.32 Å². The predicted molar refractivity (Wildman–Crippen MR) is 85.8 cm³/mol. The molecule has 0 unspecified atom stereocenters. The zero-order chi connectivity index (χ0) is 12.9. The average Bonchev–Trinajstić information content (AvgIpc) is 2.35. The van der Waals surface area contributed by atoms with E-state index in [1.807, 2.05) is 13.8 Å². The van der Waals surface area contributed by atoms with Gasteiger partial charge in [-0.1, -0.05) is 0 Å². The van der Waals surface area contributed by atoms with E-state index in [9.17, 15) is 0 Å². The van der Waals surface area contributed by atoms with Crippen LogP contribution in [0.5, 0.6) is 0 Å². The molecule has 0 heterocycles. The van der Waals surface area contributed by atoms with E-state index in [0.717, 1.165) is 61.9 Å². The molecule has 0 atom stereocenters. The smallest absolute Gasteiger partial charge is 0.0401 e. The number of hydrogen-bond acceptors (Lipinski definition) is 5. The van der Waals surface area contributed by atoms with Gasteiger partial charge in [0.15, 0.2) is 0 Å². The first-order chi connectivity index (χ1) is 8.20. The molecule has 0 amide bonds. The minimum absolute atomic E-state index is 0.760. The normalized spacial score (nSPS) is 13.2. The molecule has 0 fully saturated rings. The predicted octanol–water partition coefficient (Wildman–Crippen LogP) is 2.14. The fourth-order valence-electron chi connectivity index (χ4n) is 1.17. The van der Waals surface area contributed by atoms with Crippen LogP contribution in [0.25, 0.3) is 0 Å². The standard InChI is InChI=1S/C12H25N3S2/c1-11(9-16)14-7-3-5-13-6-4-8-15-12(2)10-17/h13,16-17H,3-10H2,1-2H3. The molecule has 3 nitrogen and oxygen atoms in total. The highest BCUT2D eigenvalue weighted by Crippen LogP contribution is 1.87. The molecular formula is C12H25N3S2. The Morgan fingerprint density at radius 2 is 1.29 bits per heavy atom. The molecule has 0 aliphatic carbocycles. The monoisotopic (exact) mass is 275 g/mol. The molecule has 17 heavy (non-hydrogen) atoms. The van der Waals surface area contributed by atoms with Crippen molar-refractivity contribution >= 4 is 36.7 Å². The van der Waals surface area contributed by atoms with Crippen LogP contribution in [0, 0.1) is 0 Å². The molecule has 100 valence electrons. The SMILES string of the molecule is CC(CS)=NCCCNCCCN=C(C)CS. The maximum absolute atomic E-state index is 4.38. The lowest BCUT2D eigenvalue weighted by Gasteiger charge is -2.02. The summed E-state index contributed by atoms with van der Waals surface area (Å²) in [5.74, 6) is 1.52. The Balaban J connectivity index is 3.25. The van der Waals surface area contributed by atoms with E-state index >= 15 is 0 Å². The number of hydrogen-bond donors (Lipinski definition) is 3. The van der Waals surface area contributed by atoms with Crippen molar-refractivity contribution in [3.8, 4) is 0 Å². The Hall–Kier alpha value is -0.000000000000000111. The highest BCUT2D eigenvalue weighted by atomic mass is 32.1. The fourth-order valence-corrected chi connectivity index (χ4v) is 1.37. The minimum Gasteiger partial charge on any atom is -0.317 e. The van der Waals surface area contributed by atoms with Crippen molar-refractivity contribution in [2.24, 2.45) is 9.98 Å². The van der Waals surface area contributed by atoms with Crippen LogP contribution >= 0.6 is 25.3 Å². The Morgan fingerprint density at radius 3 is 1.65 bits per heavy atom. The van der Waals surface area contributed by atoms with E-state index in [1.165, 1.54) is 0 Å². The zero-order valence-corrected chi connectivity index (χ0v) is 12.7. The molecule has 0 rings (SSSR count). The molecule has 0 bridgehead atoms. The van der Waals surface area contributed by atoms with Crippen LogP contribution in [-0.2, 0) is 0 Å². The lowest BCUT2D eigenvalue weighted by atomic mass is 10.3. The molecule has 1 N–H and O–H groups in total. The summed E-state index contributed by atoms with van der Waals surface area (Å²) >= 11 is 8.32. The van der Waals surface area contributed by atoms with Crippen molar-refractivity contribution in [2.45, 2.75) is 26.7 Å². The summed E-state index contributed by atoms with van der Waals surface area (Å²) in [5.41, 5.74) is 2.23. The van der Waals surface area contributed by atoms with Crippen molar-refractivity contribution in [3.05, 3.63) is 0 Å². The van der Waals surface area contributed by atoms with Gasteiger partial charge in [0, 0.05) is 36.0 Å². The van der Waals surface area contributed by atoms with Crippen LogP contribution in [0.4, 0.5) is 0 Å². The molecular weight excluding hydrogens is 250 g/mol. The summed E-state index contributed by atoms with van der Waals surface area (Å²) in [6.45, 7) is 7.88. The highest BCUT2D eigenvalue weighted by Gasteiger charge is 1.90. The van der Waals surface area contributed by atoms with Crippen LogP contribution in [-0.4, -0.2) is 49.1 Å². The molecule has 0 aliphatic rings. The molecule has 0 aromatic heterocycles. The zero-order valence-electron chi connectivity index (χ0n) is 10.9. The van der Waals surface area contributed by atoms with Gasteiger partial charge in [-0.25, -0.2) is 0 Å². The van der Waals surface area contributed by atoms with Crippen molar-refractivity contribution in [1.29, 1.82) is 0 Å². The highest BCUT2D eigenvalue weighted by molar-refractivity contribution is 7.81. The Bertz CT molecular complexity index is 216. The molecule has 0 radical (unpaired) electrons. The molecule has 0 saturated carbocycles. The van der Waals surface area contributed by atoms with Crippen molar-refractivity contribution in [3.63, 3.8) is 0 Å². The number of nitrogens with one attached hydrogen (secondary N) is 1. The lowest BCUT2D eigenvalue weighted by Crippen LogP contribution is -2.18. The van der Waals surface area contributed by atoms with Crippen LogP contribution in [0.3, 0.4) is 0 Å². The third kappa shape index (κ3) is 12.2. The topological polar surface area (TPSA) is 36.8 Å². The van der Waals surface area contributed by atoms with Crippen molar-refractivity contribution in [2.75, 3.05) is 37.7 Å². The van der Waals surface area contributed by atoms with Crippen LogP contribution in [0.2, 0.25) is 0 Å². The van der Waals surface area contributed by atoms with Gasteiger partial charge in [-0.05, 0) is 39.8 Å². The van der Waals surface area contributed by atoms with Gasteiger partial charge in [-0.2, -0.15) is 25.3 Å². The Kier molecular flexibility index (Phi) is 12.5. The molecule has 0 spiro atoms. The minimum atomic E-state index is 0.760. The van der Waals surface area contributed by atoms with E-state index in [1.54, 1.807) is 0 Å². The summed E-state index contributed by atoms with van der Waals surface area (Å²) in [5, 5.41) is 3.39. The number of rotatable bonds is 10. The van der Waals surface area contributed by atoms with E-state index in [-0.39, 0.29) is 0 Å². The van der Waals surface area contributed by atoms with Crippen LogP contribution < -0.4 is 5.32 Å². The number of aliphatic imine (C=N–C) groups is 2. The van der Waals surface area contributed by atoms with Crippen LogP contribution in [0.1, 0.15) is 26.7 Å². The largest absolute Gasteiger partial charge is 0.317 e. The van der Waals surface area contributed by atoms with E-state index in [2.05, 4.69) is 40.6 Å². The van der Waals surface area contributed by atoms with Gasteiger partial charge in [0.2, 0.25) is 0 Å². The molecule has 0 aromatic carbocycles. The Morgan fingerprint density at radius 1 is 0.882 bits per heavy atom. The van der Waals surface area contributed by atoms with Gasteiger partial charge < -0.3 is 5.32 Å². The first kappa shape index (κ1) is 17.0. The Labute approximate surface area is 116 Å². The fraction of sp³-hybridized carbons (Fsp3) is 0.833. The summed E-state index contributed by atoms with van der Waals surface area (Å²) in [6.07, 6.45) is 2.17. The van der Waals surface area contributed by atoms with E-state index in [4.69, 9.17) is 0 Å². The molecule has 0 aliphatic heterocycles. The summed E-state index contributed by atoms with van der Waals surface area (Å²) in [6, 6.07) is 0. The summed E-state index contributed by atoms with van der Waals surface area (Å²) < 4.78 is 0. The summed E-state index contributed by atoms with van der Waals surface area (Å²) in [7, 11) is 0. The van der Waals surface area contributed by atoms with Crippen LogP contribution in [0.15, 0.2) is 9.98 Å². The first-order valence-corrected chi connectivity index (χ1v) is 7.39. The second-order valence-corrected chi connectivity index (χ2v) is 4.64. The second kappa shape index (κ2) is 12.5. The third-order valence-electron chi connectivity index (χ3n) is 2.24. The van der Waals surface area contributed by atoms with E-state index in [0.29, 0.717) is 0 Å². The number of thiol groups is 2. The maximum atomic E-state index is 4.38. The summed E-state index contributed by atoms with van der Waals surface area (Å²) in [4.78, 5) is 8.76. The lowest BCUT2D eigenvalue weighted by molar-refractivity contribution is 0.632. The van der Waals surface area contributed by atoms with Gasteiger partial charge in [-0.3, -0.25) is 9.98 Å². The van der Waals surface area contributed by atoms with Gasteiger partial charge >= 0.3 is 0 Å². The first-order valence-electron chi connectivity index (χ1n) is 6.13. The van der Waals surface area contributed by atoms with Gasteiger partial charge in [0.1, 0.15) is 0 Å². The second-order valence-electron chi connectivity index (χ2n) is 4.01.